The number of carbonyl (C=O) groups excluding carboxylic acids is 1. The van der Waals surface area contributed by atoms with Gasteiger partial charge in [0.2, 0.25) is 0 Å². The Hall–Kier alpha value is -3.46. The average Bonchev–Trinajstić information content (AvgIpc) is 3.38. The third-order valence-corrected chi connectivity index (χ3v) is 7.37. The van der Waals surface area contributed by atoms with Gasteiger partial charge >= 0.3 is 6.01 Å². The molecular formula is C28H34FN5O3. The summed E-state index contributed by atoms with van der Waals surface area (Å²) in [5.41, 5.74) is 1.05. The minimum Gasteiger partial charge on any atom is -0.496 e. The summed E-state index contributed by atoms with van der Waals surface area (Å²) in [6, 6.07) is 11.6. The van der Waals surface area contributed by atoms with E-state index >= 15 is 0 Å². The summed E-state index contributed by atoms with van der Waals surface area (Å²) in [6.07, 6.45) is 8.66. The van der Waals surface area contributed by atoms with Crippen molar-refractivity contribution in [1.29, 1.82) is 0 Å². The van der Waals surface area contributed by atoms with E-state index in [1.54, 1.807) is 30.3 Å². The lowest BCUT2D eigenvalue weighted by Gasteiger charge is -2.34. The SMILES string of the molecule is COc1cc(NC(=O)c2ccccc2F)ccc1-c1nnc(NC2CCC(CN3CCCCC3)CC2)o1. The van der Waals surface area contributed by atoms with E-state index in [1.165, 1.54) is 71.0 Å². The minimum atomic E-state index is -0.579. The molecule has 5 rings (SSSR count). The number of nitrogens with zero attached hydrogens (tertiary/aromatic N) is 3. The lowest BCUT2D eigenvalue weighted by atomic mass is 9.85. The van der Waals surface area contributed by atoms with Crippen LogP contribution in [0.1, 0.15) is 55.3 Å². The number of ether oxygens (including phenoxy) is 1. The zero-order valence-electron chi connectivity index (χ0n) is 21.2. The lowest BCUT2D eigenvalue weighted by Crippen LogP contribution is -2.37. The van der Waals surface area contributed by atoms with E-state index in [-0.39, 0.29) is 5.56 Å². The van der Waals surface area contributed by atoms with Crippen molar-refractivity contribution in [2.75, 3.05) is 37.4 Å². The normalized spacial score (nSPS) is 20.4. The summed E-state index contributed by atoms with van der Waals surface area (Å²) < 4.78 is 25.4. The predicted molar refractivity (Wildman–Crippen MR) is 140 cm³/mol. The fourth-order valence-electron chi connectivity index (χ4n) is 5.35. The van der Waals surface area contributed by atoms with Crippen molar-refractivity contribution < 1.29 is 18.3 Å². The maximum absolute atomic E-state index is 13.9. The second kappa shape index (κ2) is 11.7. The first-order valence-corrected chi connectivity index (χ1v) is 13.2. The molecule has 1 aliphatic heterocycles. The summed E-state index contributed by atoms with van der Waals surface area (Å²) in [5, 5.41) is 14.5. The number of anilines is 2. The number of hydrogen-bond donors (Lipinski definition) is 2. The highest BCUT2D eigenvalue weighted by molar-refractivity contribution is 6.04. The first-order valence-electron chi connectivity index (χ1n) is 13.2. The van der Waals surface area contributed by atoms with Crippen LogP contribution in [0.4, 0.5) is 16.1 Å². The van der Waals surface area contributed by atoms with E-state index in [9.17, 15) is 9.18 Å². The van der Waals surface area contributed by atoms with Gasteiger partial charge in [-0.3, -0.25) is 4.79 Å². The zero-order valence-corrected chi connectivity index (χ0v) is 21.2. The highest BCUT2D eigenvalue weighted by atomic mass is 19.1. The van der Waals surface area contributed by atoms with Crippen molar-refractivity contribution in [3.05, 3.63) is 53.8 Å². The molecule has 3 aromatic rings. The zero-order chi connectivity index (χ0) is 25.6. The van der Waals surface area contributed by atoms with E-state index in [1.807, 2.05) is 0 Å². The number of benzene rings is 2. The van der Waals surface area contributed by atoms with Crippen LogP contribution in [0.15, 0.2) is 46.9 Å². The molecule has 9 heteroatoms. The number of piperidine rings is 1. The Morgan fingerprint density at radius 1 is 1.08 bits per heavy atom. The third kappa shape index (κ3) is 6.28. The van der Waals surface area contributed by atoms with Crippen LogP contribution in [0.2, 0.25) is 0 Å². The topological polar surface area (TPSA) is 92.5 Å². The average molecular weight is 508 g/mol. The second-order valence-corrected chi connectivity index (χ2v) is 9.98. The van der Waals surface area contributed by atoms with Gasteiger partial charge in [0.15, 0.2) is 0 Å². The first-order chi connectivity index (χ1) is 18.1. The van der Waals surface area contributed by atoms with Crippen LogP contribution < -0.4 is 15.4 Å². The molecule has 0 bridgehead atoms. The van der Waals surface area contributed by atoms with Gasteiger partial charge < -0.3 is 24.7 Å². The maximum atomic E-state index is 13.9. The van der Waals surface area contributed by atoms with Crippen LogP contribution in [-0.4, -0.2) is 53.8 Å². The summed E-state index contributed by atoms with van der Waals surface area (Å²) in [5.74, 6) is 0.439. The Morgan fingerprint density at radius 3 is 2.62 bits per heavy atom. The minimum absolute atomic E-state index is 0.0290. The van der Waals surface area contributed by atoms with Crippen LogP contribution in [0.25, 0.3) is 11.5 Å². The number of methoxy groups -OCH3 is 1. The Balaban J connectivity index is 1.18. The second-order valence-electron chi connectivity index (χ2n) is 9.98. The van der Waals surface area contributed by atoms with Crippen molar-refractivity contribution >= 4 is 17.6 Å². The number of rotatable bonds is 8. The number of aromatic nitrogens is 2. The molecule has 2 fully saturated rings. The smallest absolute Gasteiger partial charge is 0.315 e. The highest BCUT2D eigenvalue weighted by Gasteiger charge is 2.25. The van der Waals surface area contributed by atoms with E-state index < -0.39 is 11.7 Å². The fourth-order valence-corrected chi connectivity index (χ4v) is 5.35. The quantitative estimate of drug-likeness (QED) is 0.410. The Bertz CT molecular complexity index is 1200. The summed E-state index contributed by atoms with van der Waals surface area (Å²) >= 11 is 0. The molecule has 1 aliphatic carbocycles. The molecule has 1 saturated carbocycles. The van der Waals surface area contributed by atoms with Gasteiger partial charge in [0, 0.05) is 24.3 Å². The van der Waals surface area contributed by atoms with Gasteiger partial charge in [0.1, 0.15) is 11.6 Å². The van der Waals surface area contributed by atoms with Crippen LogP contribution in [0.5, 0.6) is 5.75 Å². The van der Waals surface area contributed by atoms with E-state index in [2.05, 4.69) is 25.7 Å². The van der Waals surface area contributed by atoms with Crippen LogP contribution in [0, 0.1) is 11.7 Å². The number of likely N-dealkylation sites (tertiary alicyclic amines) is 1. The molecule has 196 valence electrons. The summed E-state index contributed by atoms with van der Waals surface area (Å²) in [4.78, 5) is 15.1. The molecule has 2 heterocycles. The van der Waals surface area contributed by atoms with E-state index in [0.717, 1.165) is 18.8 Å². The molecule has 37 heavy (non-hydrogen) atoms. The molecule has 1 amide bonds. The number of carbonyl (C=O) groups is 1. The molecule has 0 atom stereocenters. The monoisotopic (exact) mass is 507 g/mol. The highest BCUT2D eigenvalue weighted by Crippen LogP contribution is 2.33. The number of hydrogen-bond acceptors (Lipinski definition) is 7. The summed E-state index contributed by atoms with van der Waals surface area (Å²) in [7, 11) is 1.53. The first kappa shape index (κ1) is 25.2. The van der Waals surface area contributed by atoms with Gasteiger partial charge in [-0.1, -0.05) is 23.7 Å². The standard InChI is InChI=1S/C28H34FN5O3/c1-36-25-17-21(30-26(35)22-7-3-4-8-24(22)29)13-14-23(25)27-32-33-28(37-27)31-20-11-9-19(10-12-20)18-34-15-5-2-6-16-34/h3-4,7-8,13-14,17,19-20H,2,5-6,9-12,15-16,18H2,1H3,(H,30,35)(H,31,33). The molecule has 1 saturated heterocycles. The fraction of sp³-hybridized carbons (Fsp3) is 0.464. The van der Waals surface area contributed by atoms with Crippen molar-refractivity contribution in [3.8, 4) is 17.2 Å². The lowest BCUT2D eigenvalue weighted by molar-refractivity contribution is 0.102. The van der Waals surface area contributed by atoms with Crippen molar-refractivity contribution in [2.45, 2.75) is 51.0 Å². The molecule has 0 spiro atoms. The largest absolute Gasteiger partial charge is 0.496 e. The maximum Gasteiger partial charge on any atom is 0.315 e. The summed E-state index contributed by atoms with van der Waals surface area (Å²) in [6.45, 7) is 3.74. The van der Waals surface area contributed by atoms with Gasteiger partial charge in [-0.25, -0.2) is 4.39 Å². The van der Waals surface area contributed by atoms with Gasteiger partial charge in [-0.15, -0.1) is 5.10 Å². The van der Waals surface area contributed by atoms with Gasteiger partial charge in [0.05, 0.1) is 18.2 Å². The van der Waals surface area contributed by atoms with Crippen molar-refractivity contribution in [2.24, 2.45) is 5.92 Å². The molecular weight excluding hydrogens is 473 g/mol. The van der Waals surface area contributed by atoms with Crippen molar-refractivity contribution in [1.82, 2.24) is 15.1 Å². The Morgan fingerprint density at radius 2 is 1.86 bits per heavy atom. The molecule has 8 nitrogen and oxygen atoms in total. The Labute approximate surface area is 216 Å². The Kier molecular flexibility index (Phi) is 7.99. The molecule has 0 radical (unpaired) electrons. The predicted octanol–water partition coefficient (Wildman–Crippen LogP) is 5.59. The van der Waals surface area contributed by atoms with Crippen LogP contribution in [-0.2, 0) is 0 Å². The van der Waals surface area contributed by atoms with Gasteiger partial charge in [0.25, 0.3) is 11.8 Å². The number of nitrogens with one attached hydrogen (secondary N) is 2. The van der Waals surface area contributed by atoms with Gasteiger partial charge in [-0.2, -0.15) is 0 Å². The van der Waals surface area contributed by atoms with Crippen molar-refractivity contribution in [3.63, 3.8) is 0 Å². The van der Waals surface area contributed by atoms with E-state index in [4.69, 9.17) is 9.15 Å². The molecule has 2 aliphatic rings. The van der Waals surface area contributed by atoms with Gasteiger partial charge in [-0.05, 0) is 81.8 Å². The molecule has 1 aromatic heterocycles. The third-order valence-electron chi connectivity index (χ3n) is 7.37. The molecule has 2 N–H and O–H groups in total. The van der Waals surface area contributed by atoms with Crippen LogP contribution >= 0.6 is 0 Å². The number of halogens is 1. The number of amides is 1. The van der Waals surface area contributed by atoms with E-state index in [0.29, 0.717) is 34.9 Å². The van der Waals surface area contributed by atoms with Crippen LogP contribution in [0.3, 0.4) is 0 Å². The molecule has 0 unspecified atom stereocenters. The molecule has 2 aromatic carbocycles.